The molecule has 1 amide bonds. The quantitative estimate of drug-likeness (QED) is 0.853. The first-order valence-electron chi connectivity index (χ1n) is 10.4. The number of fused-ring (bicyclic) bond motifs is 1. The number of nitrogens with zero attached hydrogens (tertiary/aromatic N) is 1. The molecule has 6 nitrogen and oxygen atoms in total. The third kappa shape index (κ3) is 2.81. The summed E-state index contributed by atoms with van der Waals surface area (Å²) >= 11 is 0. The minimum atomic E-state index is -0.350. The lowest BCUT2D eigenvalue weighted by molar-refractivity contribution is -0.126. The Kier molecular flexibility index (Phi) is 4.00. The number of H-pyrrole nitrogens is 1. The molecule has 6 heteroatoms. The van der Waals surface area contributed by atoms with Crippen LogP contribution in [0.2, 0.25) is 0 Å². The van der Waals surface area contributed by atoms with Gasteiger partial charge in [-0.3, -0.25) is 19.5 Å². The number of nitrogens with one attached hydrogen (secondary N) is 2. The van der Waals surface area contributed by atoms with Crippen LogP contribution in [0.4, 0.5) is 0 Å². The van der Waals surface area contributed by atoms with Crippen molar-refractivity contribution in [2.75, 3.05) is 0 Å². The number of benzene rings is 1. The topological polar surface area (TPSA) is 84.0 Å². The van der Waals surface area contributed by atoms with Crippen molar-refractivity contribution in [1.29, 1.82) is 0 Å². The maximum Gasteiger partial charge on any atom is 0.273 e. The highest BCUT2D eigenvalue weighted by Crippen LogP contribution is 2.61. The number of carbonyl (C=O) groups is 1. The molecule has 0 radical (unpaired) electrons. The summed E-state index contributed by atoms with van der Waals surface area (Å²) in [5.41, 5.74) is -0.475. The van der Waals surface area contributed by atoms with E-state index in [2.05, 4.69) is 17.3 Å². The fourth-order valence-corrected chi connectivity index (χ4v) is 6.65. The SMILES string of the molecule is C[C@@H](NC(=O)Cn1[nH]c(=O)c2ccccc2c1=O)C12CC3CC(CC(C3)C1)C2. The predicted octanol–water partition coefficient (Wildman–Crippen LogP) is 2.41. The van der Waals surface area contributed by atoms with Crippen LogP contribution in [-0.2, 0) is 11.3 Å². The molecule has 2 aromatic rings. The highest BCUT2D eigenvalue weighted by molar-refractivity contribution is 5.81. The average molecular weight is 381 g/mol. The van der Waals surface area contributed by atoms with Crippen molar-refractivity contribution in [3.8, 4) is 0 Å². The summed E-state index contributed by atoms with van der Waals surface area (Å²) < 4.78 is 1.13. The lowest BCUT2D eigenvalue weighted by Gasteiger charge is -2.59. The Morgan fingerprint density at radius 3 is 2.29 bits per heavy atom. The number of amides is 1. The van der Waals surface area contributed by atoms with E-state index in [-0.39, 0.29) is 35.0 Å². The van der Waals surface area contributed by atoms with Gasteiger partial charge >= 0.3 is 0 Å². The number of aromatic amines is 1. The molecule has 1 atom stereocenters. The van der Waals surface area contributed by atoms with Crippen LogP contribution in [0.15, 0.2) is 33.9 Å². The van der Waals surface area contributed by atoms with Gasteiger partial charge in [0.25, 0.3) is 11.1 Å². The van der Waals surface area contributed by atoms with E-state index >= 15 is 0 Å². The number of hydrogen-bond donors (Lipinski definition) is 2. The Morgan fingerprint density at radius 1 is 1.11 bits per heavy atom. The van der Waals surface area contributed by atoms with E-state index in [1.807, 2.05) is 0 Å². The molecule has 148 valence electrons. The third-order valence-corrected chi connectivity index (χ3v) is 7.57. The third-order valence-electron chi connectivity index (χ3n) is 7.57. The molecule has 28 heavy (non-hydrogen) atoms. The molecule has 1 aromatic heterocycles. The van der Waals surface area contributed by atoms with Crippen molar-refractivity contribution >= 4 is 16.7 Å². The van der Waals surface area contributed by atoms with Crippen LogP contribution in [0.1, 0.15) is 45.4 Å². The lowest BCUT2D eigenvalue weighted by Crippen LogP contribution is -2.56. The van der Waals surface area contributed by atoms with Gasteiger partial charge < -0.3 is 5.32 Å². The van der Waals surface area contributed by atoms with Crippen LogP contribution in [0.3, 0.4) is 0 Å². The van der Waals surface area contributed by atoms with Gasteiger partial charge in [0.05, 0.1) is 10.8 Å². The fraction of sp³-hybridized carbons (Fsp3) is 0.591. The molecule has 0 saturated heterocycles. The van der Waals surface area contributed by atoms with Gasteiger partial charge in [-0.2, -0.15) is 0 Å². The van der Waals surface area contributed by atoms with Gasteiger partial charge in [0.15, 0.2) is 0 Å². The summed E-state index contributed by atoms with van der Waals surface area (Å²) in [4.78, 5) is 37.6. The van der Waals surface area contributed by atoms with Gasteiger partial charge in [-0.05, 0) is 80.8 Å². The maximum atomic E-state index is 12.7. The molecule has 1 heterocycles. The fourth-order valence-electron chi connectivity index (χ4n) is 6.65. The zero-order valence-electron chi connectivity index (χ0n) is 16.2. The van der Waals surface area contributed by atoms with Crippen LogP contribution >= 0.6 is 0 Å². The summed E-state index contributed by atoms with van der Waals surface area (Å²) in [5.74, 6) is 2.26. The van der Waals surface area contributed by atoms with Crippen LogP contribution in [0, 0.1) is 23.2 Å². The van der Waals surface area contributed by atoms with E-state index in [1.165, 1.54) is 38.5 Å². The summed E-state index contributed by atoms with van der Waals surface area (Å²) in [7, 11) is 0. The van der Waals surface area contributed by atoms with Gasteiger partial charge in [-0.25, -0.2) is 4.68 Å². The Morgan fingerprint density at radius 2 is 1.68 bits per heavy atom. The second kappa shape index (κ2) is 6.33. The first-order chi connectivity index (χ1) is 13.4. The van der Waals surface area contributed by atoms with Crippen molar-refractivity contribution in [2.45, 2.75) is 58.0 Å². The molecule has 4 saturated carbocycles. The Labute approximate surface area is 163 Å². The van der Waals surface area contributed by atoms with Gasteiger partial charge in [0.1, 0.15) is 6.54 Å². The average Bonchev–Trinajstić information content (AvgIpc) is 2.65. The number of hydrogen-bond acceptors (Lipinski definition) is 3. The smallest absolute Gasteiger partial charge is 0.273 e. The van der Waals surface area contributed by atoms with Gasteiger partial charge in [-0.1, -0.05) is 12.1 Å². The van der Waals surface area contributed by atoms with Crippen LogP contribution in [0.25, 0.3) is 10.8 Å². The highest BCUT2D eigenvalue weighted by Gasteiger charge is 2.53. The van der Waals surface area contributed by atoms with E-state index in [0.717, 1.165) is 22.4 Å². The number of aromatic nitrogens is 2. The summed E-state index contributed by atoms with van der Waals surface area (Å²) in [5, 5.41) is 6.40. The summed E-state index contributed by atoms with van der Waals surface area (Å²) in [6.45, 7) is 1.96. The zero-order valence-corrected chi connectivity index (χ0v) is 16.2. The molecular formula is C22H27N3O3. The van der Waals surface area contributed by atoms with Crippen LogP contribution in [-0.4, -0.2) is 21.7 Å². The Bertz CT molecular complexity index is 1020. The molecule has 6 rings (SSSR count). The van der Waals surface area contributed by atoms with E-state index < -0.39 is 0 Å². The molecule has 4 aliphatic carbocycles. The molecule has 4 bridgehead atoms. The zero-order chi connectivity index (χ0) is 19.5. The molecule has 4 fully saturated rings. The summed E-state index contributed by atoms with van der Waals surface area (Å²) in [6.07, 6.45) is 7.75. The minimum absolute atomic E-state index is 0.0938. The highest BCUT2D eigenvalue weighted by atomic mass is 16.2. The maximum absolute atomic E-state index is 12.7. The van der Waals surface area contributed by atoms with Crippen molar-refractivity contribution in [3.05, 3.63) is 45.0 Å². The molecule has 0 aliphatic heterocycles. The second-order valence-electron chi connectivity index (χ2n) is 9.45. The molecule has 0 spiro atoms. The first-order valence-corrected chi connectivity index (χ1v) is 10.4. The number of rotatable bonds is 4. The van der Waals surface area contributed by atoms with E-state index in [0.29, 0.717) is 10.8 Å². The Balaban J connectivity index is 1.34. The second-order valence-corrected chi connectivity index (χ2v) is 9.45. The summed E-state index contributed by atoms with van der Waals surface area (Å²) in [6, 6.07) is 6.79. The monoisotopic (exact) mass is 381 g/mol. The van der Waals surface area contributed by atoms with Gasteiger partial charge in [0.2, 0.25) is 5.91 Å². The van der Waals surface area contributed by atoms with Crippen molar-refractivity contribution < 1.29 is 4.79 Å². The molecule has 4 aliphatic rings. The van der Waals surface area contributed by atoms with Crippen LogP contribution < -0.4 is 16.4 Å². The van der Waals surface area contributed by atoms with Crippen molar-refractivity contribution in [1.82, 2.24) is 15.1 Å². The normalized spacial score (nSPS) is 31.8. The van der Waals surface area contributed by atoms with Gasteiger partial charge in [-0.15, -0.1) is 0 Å². The van der Waals surface area contributed by atoms with E-state index in [4.69, 9.17) is 0 Å². The lowest BCUT2D eigenvalue weighted by atomic mass is 9.48. The first kappa shape index (κ1) is 17.7. The van der Waals surface area contributed by atoms with Gasteiger partial charge in [0, 0.05) is 6.04 Å². The molecule has 0 unspecified atom stereocenters. The molecular weight excluding hydrogens is 354 g/mol. The standard InChI is InChI=1S/C22H27N3O3/c1-13(22-9-14-6-15(10-22)8-16(7-14)11-22)23-19(26)12-25-21(28)18-5-3-2-4-17(18)20(27)24-25/h2-5,13-16H,6-12H2,1H3,(H,23,26)(H,24,27)/t13-,14?,15?,16?,22?/m1/s1. The largest absolute Gasteiger partial charge is 0.351 e. The van der Waals surface area contributed by atoms with E-state index in [9.17, 15) is 14.4 Å². The van der Waals surface area contributed by atoms with E-state index in [1.54, 1.807) is 24.3 Å². The van der Waals surface area contributed by atoms with Crippen LogP contribution in [0.5, 0.6) is 0 Å². The predicted molar refractivity (Wildman–Crippen MR) is 107 cm³/mol. The van der Waals surface area contributed by atoms with Crippen molar-refractivity contribution in [2.24, 2.45) is 23.2 Å². The molecule has 1 aromatic carbocycles. The Hall–Kier alpha value is -2.37. The van der Waals surface area contributed by atoms with Crippen molar-refractivity contribution in [3.63, 3.8) is 0 Å². The minimum Gasteiger partial charge on any atom is -0.351 e. The molecule has 2 N–H and O–H groups in total. The number of carbonyl (C=O) groups excluding carboxylic acids is 1.